The van der Waals surface area contributed by atoms with Gasteiger partial charge in [-0.25, -0.2) is 13.1 Å². The molecule has 112 valence electrons. The van der Waals surface area contributed by atoms with E-state index in [4.69, 9.17) is 0 Å². The highest BCUT2D eigenvalue weighted by molar-refractivity contribution is 7.90. The van der Waals surface area contributed by atoms with Crippen LogP contribution in [0.25, 0.3) is 0 Å². The second-order valence-electron chi connectivity index (χ2n) is 7.38. The van der Waals surface area contributed by atoms with Gasteiger partial charge in [0.15, 0.2) is 0 Å². The van der Waals surface area contributed by atoms with E-state index in [0.717, 1.165) is 0 Å². The Kier molecular flexibility index (Phi) is 3.78. The number of hydrogen-bond acceptors (Lipinski definition) is 3. The lowest BCUT2D eigenvalue weighted by atomic mass is 10.0. The molecule has 0 aromatic heterocycles. The highest BCUT2D eigenvalue weighted by Crippen LogP contribution is 2.67. The van der Waals surface area contributed by atoms with Gasteiger partial charge in [0.05, 0.1) is 5.25 Å². The molecule has 2 aliphatic carbocycles. The highest BCUT2D eigenvalue weighted by Gasteiger charge is 2.64. The van der Waals surface area contributed by atoms with Crippen molar-refractivity contribution in [3.63, 3.8) is 0 Å². The van der Waals surface area contributed by atoms with Crippen LogP contribution in [0.3, 0.4) is 0 Å². The number of nitrogens with one attached hydrogen (secondary N) is 2. The fourth-order valence-electron chi connectivity index (χ4n) is 2.92. The molecular formula is C14H28N2O2S. The molecule has 2 fully saturated rings. The predicted molar refractivity (Wildman–Crippen MR) is 78.5 cm³/mol. The van der Waals surface area contributed by atoms with E-state index in [9.17, 15) is 8.42 Å². The van der Waals surface area contributed by atoms with Crippen LogP contribution in [-0.2, 0) is 10.0 Å². The normalized spacial score (nSPS) is 27.2. The van der Waals surface area contributed by atoms with Crippen LogP contribution < -0.4 is 10.0 Å². The molecule has 0 aromatic rings. The molecule has 2 rings (SSSR count). The minimum atomic E-state index is -3.20. The van der Waals surface area contributed by atoms with E-state index in [1.165, 1.54) is 12.8 Å². The summed E-state index contributed by atoms with van der Waals surface area (Å²) in [5, 5.41) is 2.92. The Morgan fingerprint density at radius 2 is 1.68 bits per heavy atom. The van der Waals surface area contributed by atoms with Crippen molar-refractivity contribution in [2.75, 3.05) is 13.1 Å². The summed E-state index contributed by atoms with van der Waals surface area (Å²) in [6.07, 6.45) is 2.37. The Balaban J connectivity index is 1.81. The van der Waals surface area contributed by atoms with Crippen LogP contribution in [0.1, 0.15) is 47.5 Å². The van der Waals surface area contributed by atoms with Crippen molar-refractivity contribution in [2.45, 2.75) is 58.8 Å². The summed E-state index contributed by atoms with van der Waals surface area (Å²) in [6.45, 7) is 11.7. The van der Waals surface area contributed by atoms with Crippen molar-refractivity contribution in [2.24, 2.45) is 16.7 Å². The molecule has 0 aliphatic heterocycles. The standard InChI is InChI=1S/C14H28N2O2S/c1-10(8-15-11-6-7-11)19(17,18)16-9-12-13(2,3)14(12,4)5/h10-12,15-16H,6-9H2,1-5H3. The molecule has 0 heterocycles. The molecule has 19 heavy (non-hydrogen) atoms. The van der Waals surface area contributed by atoms with Crippen molar-refractivity contribution in [3.05, 3.63) is 0 Å². The quantitative estimate of drug-likeness (QED) is 0.750. The molecule has 0 radical (unpaired) electrons. The van der Waals surface area contributed by atoms with Crippen LogP contribution in [0.4, 0.5) is 0 Å². The Morgan fingerprint density at radius 3 is 2.11 bits per heavy atom. The van der Waals surface area contributed by atoms with Gasteiger partial charge in [-0.3, -0.25) is 0 Å². The van der Waals surface area contributed by atoms with Crippen LogP contribution in [0.2, 0.25) is 0 Å². The molecule has 2 aliphatic rings. The average molecular weight is 288 g/mol. The zero-order valence-corrected chi connectivity index (χ0v) is 13.6. The third kappa shape index (κ3) is 2.98. The SMILES string of the molecule is CC(CNC1CC1)S(=O)(=O)NCC1C(C)(C)C1(C)C. The molecule has 1 unspecified atom stereocenters. The largest absolute Gasteiger partial charge is 0.313 e. The Labute approximate surface area is 117 Å². The highest BCUT2D eigenvalue weighted by atomic mass is 32.2. The molecule has 2 saturated carbocycles. The van der Waals surface area contributed by atoms with Gasteiger partial charge < -0.3 is 5.32 Å². The van der Waals surface area contributed by atoms with Gasteiger partial charge in [-0.05, 0) is 36.5 Å². The minimum Gasteiger partial charge on any atom is -0.313 e. The number of hydrogen-bond donors (Lipinski definition) is 2. The zero-order valence-electron chi connectivity index (χ0n) is 12.8. The molecule has 0 bridgehead atoms. The summed E-state index contributed by atoms with van der Waals surface area (Å²) in [5.41, 5.74) is 0.454. The van der Waals surface area contributed by atoms with Gasteiger partial charge in [-0.15, -0.1) is 0 Å². The van der Waals surface area contributed by atoms with Crippen LogP contribution in [0.15, 0.2) is 0 Å². The molecule has 1 atom stereocenters. The summed E-state index contributed by atoms with van der Waals surface area (Å²) in [4.78, 5) is 0. The van der Waals surface area contributed by atoms with E-state index in [2.05, 4.69) is 37.7 Å². The molecule has 5 heteroatoms. The van der Waals surface area contributed by atoms with Gasteiger partial charge in [0.25, 0.3) is 0 Å². The number of sulfonamides is 1. The van der Waals surface area contributed by atoms with E-state index in [-0.39, 0.29) is 16.1 Å². The van der Waals surface area contributed by atoms with Crippen molar-refractivity contribution >= 4 is 10.0 Å². The molecule has 0 aromatic carbocycles. The van der Waals surface area contributed by atoms with E-state index in [0.29, 0.717) is 25.0 Å². The van der Waals surface area contributed by atoms with E-state index in [1.54, 1.807) is 6.92 Å². The van der Waals surface area contributed by atoms with Gasteiger partial charge in [0.2, 0.25) is 10.0 Å². The lowest BCUT2D eigenvalue weighted by molar-refractivity contribution is 0.457. The second-order valence-corrected chi connectivity index (χ2v) is 9.57. The lowest BCUT2D eigenvalue weighted by Gasteiger charge is -2.15. The van der Waals surface area contributed by atoms with Gasteiger partial charge in [-0.1, -0.05) is 27.7 Å². The maximum atomic E-state index is 12.2. The third-order valence-corrected chi connectivity index (χ3v) is 7.40. The van der Waals surface area contributed by atoms with Crippen LogP contribution >= 0.6 is 0 Å². The first-order chi connectivity index (χ1) is 8.59. The Bertz CT molecular complexity index is 424. The van der Waals surface area contributed by atoms with Gasteiger partial charge >= 0.3 is 0 Å². The topological polar surface area (TPSA) is 58.2 Å². The zero-order chi connectivity index (χ0) is 14.5. The number of rotatable bonds is 7. The van der Waals surface area contributed by atoms with Gasteiger partial charge in [0, 0.05) is 19.1 Å². The molecule has 4 nitrogen and oxygen atoms in total. The summed E-state index contributed by atoms with van der Waals surface area (Å²) in [7, 11) is -3.20. The summed E-state index contributed by atoms with van der Waals surface area (Å²) in [6, 6.07) is 0.555. The Hall–Kier alpha value is -0.130. The molecule has 2 N–H and O–H groups in total. The average Bonchev–Trinajstić information content (AvgIpc) is 3.14. The third-order valence-electron chi connectivity index (χ3n) is 5.61. The van der Waals surface area contributed by atoms with E-state index in [1.807, 2.05) is 0 Å². The molecule has 0 saturated heterocycles. The van der Waals surface area contributed by atoms with Crippen LogP contribution in [0, 0.1) is 16.7 Å². The lowest BCUT2D eigenvalue weighted by Crippen LogP contribution is -2.40. The maximum Gasteiger partial charge on any atom is 0.215 e. The van der Waals surface area contributed by atoms with Crippen molar-refractivity contribution in [3.8, 4) is 0 Å². The second kappa shape index (κ2) is 4.71. The Morgan fingerprint density at radius 1 is 1.16 bits per heavy atom. The fourth-order valence-corrected chi connectivity index (χ4v) is 3.91. The molecular weight excluding hydrogens is 260 g/mol. The first-order valence-electron chi connectivity index (χ1n) is 7.31. The van der Waals surface area contributed by atoms with Crippen molar-refractivity contribution < 1.29 is 8.42 Å². The van der Waals surface area contributed by atoms with E-state index < -0.39 is 10.0 Å². The van der Waals surface area contributed by atoms with Gasteiger partial charge in [-0.2, -0.15) is 0 Å². The predicted octanol–water partition coefficient (Wildman–Crippen LogP) is 1.73. The van der Waals surface area contributed by atoms with Crippen molar-refractivity contribution in [1.29, 1.82) is 0 Å². The first-order valence-corrected chi connectivity index (χ1v) is 8.85. The minimum absolute atomic E-state index is 0.227. The van der Waals surface area contributed by atoms with Crippen LogP contribution in [-0.4, -0.2) is 32.8 Å². The summed E-state index contributed by atoms with van der Waals surface area (Å²) < 4.78 is 27.1. The smallest absolute Gasteiger partial charge is 0.215 e. The van der Waals surface area contributed by atoms with E-state index >= 15 is 0 Å². The molecule has 0 amide bonds. The first kappa shape index (κ1) is 15.3. The monoisotopic (exact) mass is 288 g/mol. The summed E-state index contributed by atoms with van der Waals surface area (Å²) >= 11 is 0. The van der Waals surface area contributed by atoms with Crippen LogP contribution in [0.5, 0.6) is 0 Å². The maximum absolute atomic E-state index is 12.2. The van der Waals surface area contributed by atoms with Gasteiger partial charge in [0.1, 0.15) is 0 Å². The summed E-state index contributed by atoms with van der Waals surface area (Å²) in [5.74, 6) is 0.429. The molecule has 0 spiro atoms. The fraction of sp³-hybridized carbons (Fsp3) is 1.00. The van der Waals surface area contributed by atoms with Crippen molar-refractivity contribution in [1.82, 2.24) is 10.0 Å².